The third kappa shape index (κ3) is 3.46. The van der Waals surface area contributed by atoms with Gasteiger partial charge in [0.25, 0.3) is 0 Å². The summed E-state index contributed by atoms with van der Waals surface area (Å²) < 4.78 is 3.80. The molecule has 0 radical (unpaired) electrons. The highest BCUT2D eigenvalue weighted by atomic mass is 15.3. The monoisotopic (exact) mass is 592 g/mol. The fourth-order valence-electron chi connectivity index (χ4n) is 6.50. The number of aromatic nitrogens is 10. The molecule has 0 unspecified atom stereocenters. The van der Waals surface area contributed by atoms with Crippen molar-refractivity contribution in [2.45, 2.75) is 0 Å². The van der Waals surface area contributed by atoms with E-state index in [1.165, 1.54) is 0 Å². The van der Waals surface area contributed by atoms with Crippen molar-refractivity contribution in [3.05, 3.63) is 122 Å². The summed E-state index contributed by atoms with van der Waals surface area (Å²) in [6.07, 6.45) is 8.89. The minimum Gasteiger partial charge on any atom is -0.256 e. The predicted molar refractivity (Wildman–Crippen MR) is 178 cm³/mol. The third-order valence-corrected chi connectivity index (χ3v) is 8.44. The van der Waals surface area contributed by atoms with E-state index in [0.717, 1.165) is 48.8 Å². The number of nitrogens with zero attached hydrogens (tertiary/aromatic N) is 10. The van der Waals surface area contributed by atoms with E-state index in [0.29, 0.717) is 40.3 Å². The van der Waals surface area contributed by atoms with E-state index in [1.54, 1.807) is 24.8 Å². The summed E-state index contributed by atoms with van der Waals surface area (Å²) in [5.41, 5.74) is 4.57. The van der Waals surface area contributed by atoms with Crippen LogP contribution in [0.2, 0.25) is 0 Å². The molecule has 0 amide bonds. The van der Waals surface area contributed by atoms with Gasteiger partial charge in [-0.25, -0.2) is 29.1 Å². The summed E-state index contributed by atoms with van der Waals surface area (Å²) in [4.78, 5) is 39.2. The van der Waals surface area contributed by atoms with Gasteiger partial charge in [0.2, 0.25) is 11.9 Å². The Bertz CT molecular complexity index is 2600. The molecule has 0 atom stereocenters. The Labute approximate surface area is 259 Å². The molecule has 10 nitrogen and oxygen atoms in total. The van der Waals surface area contributed by atoms with E-state index < -0.39 is 0 Å². The lowest BCUT2D eigenvalue weighted by atomic mass is 10.00. The van der Waals surface area contributed by atoms with Crippen molar-refractivity contribution in [1.29, 1.82) is 0 Å². The van der Waals surface area contributed by atoms with E-state index in [2.05, 4.69) is 24.3 Å². The van der Waals surface area contributed by atoms with Gasteiger partial charge in [-0.05, 0) is 66.0 Å². The summed E-state index contributed by atoms with van der Waals surface area (Å²) in [6, 6.07) is 30.1. The zero-order valence-electron chi connectivity index (χ0n) is 24.0. The van der Waals surface area contributed by atoms with E-state index in [-0.39, 0.29) is 0 Å². The molecular weight excluding hydrogens is 572 g/mol. The maximum absolute atomic E-state index is 5.16. The average Bonchev–Trinajstić information content (AvgIpc) is 3.64. The van der Waals surface area contributed by atoms with E-state index in [1.807, 2.05) is 82.1 Å². The zero-order chi connectivity index (χ0) is 30.2. The Morgan fingerprint density at radius 3 is 1.35 bits per heavy atom. The number of rotatable bonds is 3. The van der Waals surface area contributed by atoms with Crippen LogP contribution in [0.1, 0.15) is 0 Å². The molecule has 0 aliphatic rings. The largest absolute Gasteiger partial charge is 0.256 e. The second kappa shape index (κ2) is 9.41. The maximum Gasteiger partial charge on any atom is 0.242 e. The van der Waals surface area contributed by atoms with Gasteiger partial charge >= 0.3 is 0 Å². The molecule has 0 fully saturated rings. The minimum atomic E-state index is 0.384. The summed E-state index contributed by atoms with van der Waals surface area (Å²) >= 11 is 0. The molecule has 0 spiro atoms. The summed E-state index contributed by atoms with van der Waals surface area (Å²) in [5.74, 6) is 1.26. The van der Waals surface area contributed by atoms with Gasteiger partial charge in [-0.1, -0.05) is 30.3 Å². The Balaban J connectivity index is 1.37. The normalized spacial score (nSPS) is 11.9. The van der Waals surface area contributed by atoms with Crippen LogP contribution in [0, 0.1) is 0 Å². The van der Waals surface area contributed by atoms with Gasteiger partial charge in [0.1, 0.15) is 22.6 Å². The van der Waals surface area contributed by atoms with Crippen LogP contribution >= 0.6 is 0 Å². The van der Waals surface area contributed by atoms with Crippen LogP contribution in [0.3, 0.4) is 0 Å². The highest BCUT2D eigenvalue weighted by molar-refractivity contribution is 6.12. The first-order valence-corrected chi connectivity index (χ1v) is 14.8. The van der Waals surface area contributed by atoms with Crippen LogP contribution in [0.5, 0.6) is 0 Å². The van der Waals surface area contributed by atoms with Gasteiger partial charge in [-0.2, -0.15) is 15.0 Å². The fourth-order valence-corrected chi connectivity index (χ4v) is 6.50. The van der Waals surface area contributed by atoms with Gasteiger partial charge in [0.05, 0.1) is 5.52 Å². The fraction of sp³-hybridized carbons (Fsp3) is 0. The molecule has 0 saturated carbocycles. The van der Waals surface area contributed by atoms with Gasteiger partial charge in [-0.15, -0.1) is 0 Å². The SMILES string of the molecule is c1cnc2c(c1)cc(-c1nc(-n3c4ncccc4c4cccnc43)nc(-n3c4ncccc4c4cccnc43)n1)c1ccccc12. The molecule has 10 heteroatoms. The predicted octanol–water partition coefficient (Wildman–Crippen LogP) is 7.01. The van der Waals surface area contributed by atoms with Crippen LogP contribution < -0.4 is 0 Å². The molecule has 2 aromatic carbocycles. The van der Waals surface area contributed by atoms with Gasteiger partial charge in [0.15, 0.2) is 5.82 Å². The molecule has 10 rings (SSSR count). The summed E-state index contributed by atoms with van der Waals surface area (Å²) in [6.45, 7) is 0. The molecule has 46 heavy (non-hydrogen) atoms. The highest BCUT2D eigenvalue weighted by Gasteiger charge is 2.23. The second-order valence-electron chi connectivity index (χ2n) is 11.0. The molecule has 214 valence electrons. The van der Waals surface area contributed by atoms with Crippen molar-refractivity contribution in [2.24, 2.45) is 0 Å². The number of hydrogen-bond acceptors (Lipinski definition) is 8. The van der Waals surface area contributed by atoms with Crippen molar-refractivity contribution in [2.75, 3.05) is 0 Å². The van der Waals surface area contributed by atoms with Crippen LogP contribution in [0.25, 0.3) is 89.1 Å². The molecular formula is C36H20N10. The average molecular weight is 593 g/mol. The van der Waals surface area contributed by atoms with Crippen LogP contribution in [0.15, 0.2) is 122 Å². The first kappa shape index (κ1) is 24.7. The van der Waals surface area contributed by atoms with Crippen molar-refractivity contribution in [1.82, 2.24) is 49.0 Å². The lowest BCUT2D eigenvalue weighted by molar-refractivity contribution is 0.876. The van der Waals surface area contributed by atoms with E-state index in [4.69, 9.17) is 39.9 Å². The van der Waals surface area contributed by atoms with Crippen LogP contribution in [-0.4, -0.2) is 49.0 Å². The van der Waals surface area contributed by atoms with E-state index >= 15 is 0 Å². The molecule has 0 bridgehead atoms. The third-order valence-electron chi connectivity index (χ3n) is 8.44. The molecule has 0 saturated heterocycles. The van der Waals surface area contributed by atoms with Gasteiger partial charge < -0.3 is 0 Å². The van der Waals surface area contributed by atoms with Crippen molar-refractivity contribution in [3.63, 3.8) is 0 Å². The molecule has 8 heterocycles. The van der Waals surface area contributed by atoms with Crippen molar-refractivity contribution < 1.29 is 0 Å². The molecule has 10 aromatic rings. The Morgan fingerprint density at radius 1 is 0.391 bits per heavy atom. The van der Waals surface area contributed by atoms with E-state index in [9.17, 15) is 0 Å². The van der Waals surface area contributed by atoms with Crippen LogP contribution in [-0.2, 0) is 0 Å². The Kier molecular flexibility index (Phi) is 5.06. The number of pyridine rings is 5. The Hall–Kier alpha value is -6.68. The number of fused-ring (bicyclic) bond motifs is 9. The molecule has 8 aromatic heterocycles. The molecule has 0 aliphatic carbocycles. The molecule has 0 N–H and O–H groups in total. The smallest absolute Gasteiger partial charge is 0.242 e. The highest BCUT2D eigenvalue weighted by Crippen LogP contribution is 2.35. The first-order chi connectivity index (χ1) is 22.8. The molecule has 0 aliphatic heterocycles. The van der Waals surface area contributed by atoms with Crippen LogP contribution in [0.4, 0.5) is 0 Å². The lowest BCUT2D eigenvalue weighted by Crippen LogP contribution is -2.11. The zero-order valence-corrected chi connectivity index (χ0v) is 24.0. The quantitative estimate of drug-likeness (QED) is 0.201. The Morgan fingerprint density at radius 2 is 0.826 bits per heavy atom. The topological polar surface area (TPSA) is 113 Å². The summed E-state index contributed by atoms with van der Waals surface area (Å²) in [7, 11) is 0. The van der Waals surface area contributed by atoms with Crippen molar-refractivity contribution >= 4 is 65.8 Å². The summed E-state index contributed by atoms with van der Waals surface area (Å²) in [5, 5.41) is 6.80. The van der Waals surface area contributed by atoms with Gasteiger partial charge in [-0.3, -0.25) is 4.98 Å². The standard InChI is InChI=1S/C36H20N10/c1-2-10-23-22(9-1)28(20-21-8-3-15-37-29(21)23)30-42-35(45-31-24(11-4-16-38-31)25-12-5-17-39-32(25)45)44-36(43-30)46-33-26(13-6-18-40-33)27-14-7-19-41-34(27)46/h1-20H. The number of benzene rings is 2. The first-order valence-electron chi connectivity index (χ1n) is 14.8. The van der Waals surface area contributed by atoms with Gasteiger partial charge in [0, 0.05) is 68.9 Å². The van der Waals surface area contributed by atoms with Crippen molar-refractivity contribution in [3.8, 4) is 23.3 Å². The lowest BCUT2D eigenvalue weighted by Gasteiger charge is -2.13. The number of hydrogen-bond donors (Lipinski definition) is 0. The minimum absolute atomic E-state index is 0.384. The second-order valence-corrected chi connectivity index (χ2v) is 11.0. The maximum atomic E-state index is 5.16.